The van der Waals surface area contributed by atoms with Crippen molar-refractivity contribution in [2.24, 2.45) is 0 Å². The number of hydrogen-bond acceptors (Lipinski definition) is 3. The number of aromatic amines is 1. The number of anilines is 1. The lowest BCUT2D eigenvalue weighted by Gasteiger charge is -2.21. The van der Waals surface area contributed by atoms with Gasteiger partial charge < -0.3 is 9.88 Å². The van der Waals surface area contributed by atoms with Crippen molar-refractivity contribution < 1.29 is 0 Å². The molecule has 2 heterocycles. The van der Waals surface area contributed by atoms with Crippen LogP contribution in [-0.2, 0) is 0 Å². The molecule has 0 amide bonds. The van der Waals surface area contributed by atoms with Crippen LogP contribution in [0, 0.1) is 0 Å². The Hall–Kier alpha value is -1.84. The molecule has 0 radical (unpaired) electrons. The topological polar surface area (TPSA) is 49.0 Å². The van der Waals surface area contributed by atoms with Gasteiger partial charge >= 0.3 is 0 Å². The van der Waals surface area contributed by atoms with Crippen LogP contribution in [0.25, 0.3) is 10.9 Å². The first-order valence-electron chi connectivity index (χ1n) is 8.60. The molecule has 0 spiro atoms. The molecular formula is C18H23N3O. The second-order valence-corrected chi connectivity index (χ2v) is 6.68. The molecule has 0 unspecified atom stereocenters. The molecule has 2 fully saturated rings. The van der Waals surface area contributed by atoms with E-state index in [0.29, 0.717) is 5.92 Å². The van der Waals surface area contributed by atoms with Crippen LogP contribution in [-0.4, -0.2) is 23.1 Å². The summed E-state index contributed by atoms with van der Waals surface area (Å²) in [6, 6.07) is 6.15. The van der Waals surface area contributed by atoms with Crippen LogP contribution in [0.1, 0.15) is 56.7 Å². The van der Waals surface area contributed by atoms with Gasteiger partial charge in [0.05, 0.1) is 10.9 Å². The minimum atomic E-state index is 0.0200. The molecule has 0 atom stereocenters. The summed E-state index contributed by atoms with van der Waals surface area (Å²) in [6.07, 6.45) is 8.61. The molecule has 1 N–H and O–H groups in total. The standard InChI is InChI=1S/C18H23N3O/c22-18-15-12-14(21-10-4-5-11-21)8-9-16(15)19-17(20-18)13-6-2-1-3-7-13/h8-9,12-13H,1-7,10-11H2,(H,19,20,22). The smallest absolute Gasteiger partial charge is 0.258 e. The van der Waals surface area contributed by atoms with Crippen molar-refractivity contribution in [3.05, 3.63) is 34.4 Å². The molecule has 4 nitrogen and oxygen atoms in total. The number of rotatable bonds is 2. The molecule has 1 saturated heterocycles. The first-order chi connectivity index (χ1) is 10.8. The molecule has 22 heavy (non-hydrogen) atoms. The summed E-state index contributed by atoms with van der Waals surface area (Å²) < 4.78 is 0. The summed E-state index contributed by atoms with van der Waals surface area (Å²) in [6.45, 7) is 2.19. The average molecular weight is 297 g/mol. The van der Waals surface area contributed by atoms with Crippen LogP contribution in [0.15, 0.2) is 23.0 Å². The van der Waals surface area contributed by atoms with E-state index in [-0.39, 0.29) is 5.56 Å². The van der Waals surface area contributed by atoms with Crippen molar-refractivity contribution >= 4 is 16.6 Å². The van der Waals surface area contributed by atoms with Crippen LogP contribution in [0.5, 0.6) is 0 Å². The van der Waals surface area contributed by atoms with Gasteiger partial charge in [-0.15, -0.1) is 0 Å². The van der Waals surface area contributed by atoms with E-state index in [0.717, 1.165) is 48.3 Å². The molecule has 1 aromatic heterocycles. The third-order valence-electron chi connectivity index (χ3n) is 5.17. The van der Waals surface area contributed by atoms with Gasteiger partial charge in [-0.05, 0) is 43.9 Å². The minimum Gasteiger partial charge on any atom is -0.372 e. The molecule has 4 heteroatoms. The second-order valence-electron chi connectivity index (χ2n) is 6.68. The lowest BCUT2D eigenvalue weighted by Crippen LogP contribution is -2.19. The summed E-state index contributed by atoms with van der Waals surface area (Å²) in [7, 11) is 0. The average Bonchev–Trinajstić information content (AvgIpc) is 3.10. The van der Waals surface area contributed by atoms with E-state index in [1.165, 1.54) is 32.1 Å². The van der Waals surface area contributed by atoms with Crippen LogP contribution < -0.4 is 10.5 Å². The summed E-state index contributed by atoms with van der Waals surface area (Å²) in [5.41, 5.74) is 2.02. The van der Waals surface area contributed by atoms with Crippen molar-refractivity contribution in [2.75, 3.05) is 18.0 Å². The number of H-pyrrole nitrogens is 1. The first kappa shape index (κ1) is 13.8. The molecule has 116 valence electrons. The quantitative estimate of drug-likeness (QED) is 0.922. The van der Waals surface area contributed by atoms with Crippen molar-refractivity contribution in [1.82, 2.24) is 9.97 Å². The van der Waals surface area contributed by atoms with Crippen molar-refractivity contribution in [2.45, 2.75) is 50.9 Å². The lowest BCUT2D eigenvalue weighted by atomic mass is 9.88. The van der Waals surface area contributed by atoms with E-state index in [1.54, 1.807) is 0 Å². The summed E-state index contributed by atoms with van der Waals surface area (Å²) >= 11 is 0. The zero-order chi connectivity index (χ0) is 14.9. The third kappa shape index (κ3) is 2.51. The Morgan fingerprint density at radius 3 is 2.59 bits per heavy atom. The van der Waals surface area contributed by atoms with Crippen LogP contribution >= 0.6 is 0 Å². The Morgan fingerprint density at radius 2 is 1.82 bits per heavy atom. The Bertz CT molecular complexity index is 725. The van der Waals surface area contributed by atoms with Gasteiger partial charge in [-0.2, -0.15) is 0 Å². The van der Waals surface area contributed by atoms with Gasteiger partial charge in [0.2, 0.25) is 0 Å². The summed E-state index contributed by atoms with van der Waals surface area (Å²) in [5, 5.41) is 0.726. The molecule has 4 rings (SSSR count). The minimum absolute atomic E-state index is 0.0200. The highest BCUT2D eigenvalue weighted by molar-refractivity contribution is 5.81. The number of nitrogens with one attached hydrogen (secondary N) is 1. The number of hydrogen-bond donors (Lipinski definition) is 1. The molecule has 2 aliphatic rings. The molecule has 1 aliphatic carbocycles. The molecule has 1 aromatic carbocycles. The Labute approximate surface area is 130 Å². The normalized spacial score (nSPS) is 19.9. The number of benzene rings is 1. The predicted octanol–water partition coefficient (Wildman–Crippen LogP) is 3.57. The van der Waals surface area contributed by atoms with Crippen LogP contribution in [0.3, 0.4) is 0 Å². The molecule has 1 saturated carbocycles. The van der Waals surface area contributed by atoms with Gasteiger partial charge in [-0.1, -0.05) is 19.3 Å². The van der Waals surface area contributed by atoms with E-state index in [1.807, 2.05) is 12.1 Å². The molecule has 2 aromatic rings. The molecular weight excluding hydrogens is 274 g/mol. The highest BCUT2D eigenvalue weighted by Crippen LogP contribution is 2.31. The van der Waals surface area contributed by atoms with Gasteiger partial charge in [0, 0.05) is 24.7 Å². The monoisotopic (exact) mass is 297 g/mol. The van der Waals surface area contributed by atoms with Gasteiger partial charge in [0.15, 0.2) is 0 Å². The van der Waals surface area contributed by atoms with E-state index >= 15 is 0 Å². The fourth-order valence-corrected chi connectivity index (χ4v) is 3.89. The Morgan fingerprint density at radius 1 is 1.05 bits per heavy atom. The Balaban J connectivity index is 1.72. The molecule has 0 bridgehead atoms. The highest BCUT2D eigenvalue weighted by atomic mass is 16.1. The van der Waals surface area contributed by atoms with Crippen molar-refractivity contribution in [1.29, 1.82) is 0 Å². The van der Waals surface area contributed by atoms with E-state index in [2.05, 4.69) is 16.0 Å². The van der Waals surface area contributed by atoms with Gasteiger partial charge in [0.1, 0.15) is 5.82 Å². The van der Waals surface area contributed by atoms with Crippen LogP contribution in [0.2, 0.25) is 0 Å². The first-order valence-corrected chi connectivity index (χ1v) is 8.60. The van der Waals surface area contributed by atoms with Gasteiger partial charge in [-0.25, -0.2) is 4.98 Å². The summed E-state index contributed by atoms with van der Waals surface area (Å²) in [4.78, 5) is 22.7. The van der Waals surface area contributed by atoms with E-state index in [4.69, 9.17) is 4.98 Å². The maximum absolute atomic E-state index is 12.5. The second kappa shape index (κ2) is 5.75. The molecule has 1 aliphatic heterocycles. The zero-order valence-electron chi connectivity index (χ0n) is 13.0. The maximum atomic E-state index is 12.5. The fourth-order valence-electron chi connectivity index (χ4n) is 3.89. The van der Waals surface area contributed by atoms with E-state index < -0.39 is 0 Å². The van der Waals surface area contributed by atoms with Crippen molar-refractivity contribution in [3.8, 4) is 0 Å². The fraction of sp³-hybridized carbons (Fsp3) is 0.556. The number of fused-ring (bicyclic) bond motifs is 1. The SMILES string of the molecule is O=c1[nH]c(C2CCCCC2)nc2ccc(N3CCCC3)cc12. The lowest BCUT2D eigenvalue weighted by molar-refractivity contribution is 0.429. The van der Waals surface area contributed by atoms with Gasteiger partial charge in [-0.3, -0.25) is 4.79 Å². The number of aromatic nitrogens is 2. The summed E-state index contributed by atoms with van der Waals surface area (Å²) in [5.74, 6) is 1.33. The predicted molar refractivity (Wildman–Crippen MR) is 89.6 cm³/mol. The Kier molecular flexibility index (Phi) is 3.60. The zero-order valence-corrected chi connectivity index (χ0v) is 13.0. The van der Waals surface area contributed by atoms with Gasteiger partial charge in [0.25, 0.3) is 5.56 Å². The largest absolute Gasteiger partial charge is 0.372 e. The highest BCUT2D eigenvalue weighted by Gasteiger charge is 2.19. The van der Waals surface area contributed by atoms with Crippen LogP contribution in [0.4, 0.5) is 5.69 Å². The number of nitrogens with zero attached hydrogens (tertiary/aromatic N) is 2. The van der Waals surface area contributed by atoms with E-state index in [9.17, 15) is 4.79 Å². The van der Waals surface area contributed by atoms with Crippen molar-refractivity contribution in [3.63, 3.8) is 0 Å². The third-order valence-corrected chi connectivity index (χ3v) is 5.17. The maximum Gasteiger partial charge on any atom is 0.258 e.